The summed E-state index contributed by atoms with van der Waals surface area (Å²) in [7, 11) is 0. The van der Waals surface area contributed by atoms with Crippen LogP contribution in [0.2, 0.25) is 0 Å². The highest BCUT2D eigenvalue weighted by molar-refractivity contribution is 6.19. The van der Waals surface area contributed by atoms with Gasteiger partial charge in [0, 0.05) is 0 Å². The molecular formula is C4H9Cl2N3O. The summed E-state index contributed by atoms with van der Waals surface area (Å²) in [5.41, 5.74) is 9.22. The third-order valence-electron chi connectivity index (χ3n) is 0.261. The Kier molecular flexibility index (Phi) is 25.7. The first-order chi connectivity index (χ1) is 4.18. The number of rotatable bonds is 1. The lowest BCUT2D eigenvalue weighted by molar-refractivity contribution is -0.116. The smallest absolute Gasteiger partial charge is 0.231 e. The highest BCUT2D eigenvalue weighted by Crippen LogP contribution is 1.61. The third-order valence-corrected chi connectivity index (χ3v) is 0.380. The van der Waals surface area contributed by atoms with E-state index in [1.165, 1.54) is 0 Å². The highest BCUT2D eigenvalue weighted by Gasteiger charge is 1.77. The summed E-state index contributed by atoms with van der Waals surface area (Å²) in [6.07, 6.45) is 0. The van der Waals surface area contributed by atoms with Gasteiger partial charge in [0.2, 0.25) is 5.91 Å². The number of hydrogen-bond acceptors (Lipinski definition) is 3. The van der Waals surface area contributed by atoms with Crippen LogP contribution in [-0.2, 0) is 4.79 Å². The number of carbonyl (C=O) groups excluding carboxylic acids is 1. The quantitative estimate of drug-likeness (QED) is 0.545. The molecule has 0 aromatic carbocycles. The third kappa shape index (κ3) is 50.7. The molecule has 4 nitrogen and oxygen atoms in total. The van der Waals surface area contributed by atoms with Gasteiger partial charge >= 0.3 is 0 Å². The van der Waals surface area contributed by atoms with Gasteiger partial charge < -0.3 is 11.5 Å². The number of hydrogen-bond donors (Lipinski definition) is 2. The van der Waals surface area contributed by atoms with E-state index in [9.17, 15) is 4.79 Å². The van der Waals surface area contributed by atoms with Crippen LogP contribution in [-0.4, -0.2) is 18.3 Å². The molecule has 0 saturated carbocycles. The van der Waals surface area contributed by atoms with Gasteiger partial charge in [-0.15, -0.1) is 24.0 Å². The molecule has 4 N–H and O–H groups in total. The van der Waals surface area contributed by atoms with Gasteiger partial charge in [-0.05, 0) is 0 Å². The van der Waals surface area contributed by atoms with Gasteiger partial charge in [-0.25, -0.2) is 0 Å². The average Bonchev–Trinajstić information content (AvgIpc) is 1.89. The molecule has 0 atom stereocenters. The van der Waals surface area contributed by atoms with Gasteiger partial charge in [-0.2, -0.15) is 5.26 Å². The molecule has 60 valence electrons. The first-order valence-corrected chi connectivity index (χ1v) is 2.63. The summed E-state index contributed by atoms with van der Waals surface area (Å²) in [5.74, 6) is -0.370. The summed E-state index contributed by atoms with van der Waals surface area (Å²) in [4.78, 5) is 9.47. The molecule has 0 bridgehead atoms. The number of nitrogens with zero attached hydrogens (tertiary/aromatic N) is 1. The topological polar surface area (TPSA) is 92.9 Å². The zero-order valence-electron chi connectivity index (χ0n) is 5.21. The van der Waals surface area contributed by atoms with Crippen LogP contribution in [0.15, 0.2) is 0 Å². The molecule has 6 heteroatoms. The minimum atomic E-state index is -0.468. The fourth-order valence-electron chi connectivity index (χ4n) is 0. The molecule has 0 spiro atoms. The molecule has 0 heterocycles. The number of halogens is 2. The lowest BCUT2D eigenvalue weighted by atomic mass is 10.7. The number of nitriles is 1. The highest BCUT2D eigenvalue weighted by atomic mass is 35.5. The van der Waals surface area contributed by atoms with E-state index in [-0.39, 0.29) is 24.8 Å². The van der Waals surface area contributed by atoms with Crippen molar-refractivity contribution in [3.63, 3.8) is 0 Å². The Morgan fingerprint density at radius 2 is 1.90 bits per heavy atom. The van der Waals surface area contributed by atoms with E-state index in [0.29, 0.717) is 0 Å². The fraction of sp³-hybridized carbons (Fsp3) is 0.500. The Bertz CT molecular complexity index is 112. The number of amides is 1. The van der Waals surface area contributed by atoms with Crippen molar-refractivity contribution < 1.29 is 4.79 Å². The zero-order valence-corrected chi connectivity index (χ0v) is 6.78. The zero-order chi connectivity index (χ0) is 7.70. The van der Waals surface area contributed by atoms with Gasteiger partial charge in [0.15, 0.2) is 0 Å². The second-order valence-electron chi connectivity index (χ2n) is 0.962. The van der Waals surface area contributed by atoms with Crippen LogP contribution in [0.25, 0.3) is 0 Å². The maximum atomic E-state index is 9.47. The van der Waals surface area contributed by atoms with Crippen molar-refractivity contribution in [3.05, 3.63) is 0 Å². The molecule has 0 rings (SSSR count). The van der Waals surface area contributed by atoms with E-state index < -0.39 is 5.91 Å². The van der Waals surface area contributed by atoms with Crippen LogP contribution >= 0.6 is 24.0 Å². The van der Waals surface area contributed by atoms with Crippen LogP contribution in [0.4, 0.5) is 0 Å². The van der Waals surface area contributed by atoms with Crippen LogP contribution < -0.4 is 11.5 Å². The maximum Gasteiger partial charge on any atom is 0.231 e. The molecule has 0 saturated heterocycles. The first kappa shape index (κ1) is 16.2. The standard InChI is InChI=1S/C2H2ClN.C2H6N2O.ClH/c3-1-2-4;3-1-2(4)5;/h1H2;1,3H2,(H2,4,5);1H. The van der Waals surface area contributed by atoms with E-state index in [0.717, 1.165) is 0 Å². The van der Waals surface area contributed by atoms with Crippen molar-refractivity contribution in [1.82, 2.24) is 0 Å². The molecule has 0 aliphatic heterocycles. The molecule has 0 aliphatic rings. The summed E-state index contributed by atoms with van der Waals surface area (Å²) in [6.45, 7) is -0.0556. The van der Waals surface area contributed by atoms with Crippen molar-refractivity contribution in [2.24, 2.45) is 11.5 Å². The van der Waals surface area contributed by atoms with E-state index in [1.54, 1.807) is 6.07 Å². The van der Waals surface area contributed by atoms with Crippen molar-refractivity contribution in [2.75, 3.05) is 12.4 Å². The van der Waals surface area contributed by atoms with Gasteiger partial charge in [0.05, 0.1) is 12.6 Å². The molecule has 0 fully saturated rings. The summed E-state index contributed by atoms with van der Waals surface area (Å²) >= 11 is 4.82. The van der Waals surface area contributed by atoms with Gasteiger partial charge in [0.25, 0.3) is 0 Å². The number of alkyl halides is 1. The van der Waals surface area contributed by atoms with Crippen molar-refractivity contribution >= 4 is 29.9 Å². The van der Waals surface area contributed by atoms with Crippen molar-refractivity contribution in [3.8, 4) is 6.07 Å². The second kappa shape index (κ2) is 15.8. The van der Waals surface area contributed by atoms with Crippen LogP contribution in [0.3, 0.4) is 0 Å². The minimum Gasteiger partial charge on any atom is -0.369 e. The summed E-state index contributed by atoms with van der Waals surface area (Å²) in [5, 5.41) is 7.49. The Hall–Kier alpha value is -0.500. The molecule has 0 unspecified atom stereocenters. The lowest BCUT2D eigenvalue weighted by Crippen LogP contribution is -2.21. The van der Waals surface area contributed by atoms with Gasteiger partial charge in [-0.3, -0.25) is 4.79 Å². The van der Waals surface area contributed by atoms with E-state index in [2.05, 4.69) is 5.73 Å². The fourth-order valence-corrected chi connectivity index (χ4v) is 0. The van der Waals surface area contributed by atoms with Crippen molar-refractivity contribution in [2.45, 2.75) is 0 Å². The van der Waals surface area contributed by atoms with Gasteiger partial charge in [0.1, 0.15) is 5.88 Å². The molecule has 0 aromatic heterocycles. The van der Waals surface area contributed by atoms with E-state index in [1.807, 2.05) is 0 Å². The minimum absolute atomic E-state index is 0. The summed E-state index contributed by atoms with van der Waals surface area (Å²) < 4.78 is 0. The molecule has 0 aliphatic carbocycles. The maximum absolute atomic E-state index is 9.47. The van der Waals surface area contributed by atoms with Crippen LogP contribution in [0.5, 0.6) is 0 Å². The predicted molar refractivity (Wildman–Crippen MR) is 41.8 cm³/mol. The molecule has 10 heavy (non-hydrogen) atoms. The Labute approximate surface area is 70.5 Å². The van der Waals surface area contributed by atoms with Crippen LogP contribution in [0, 0.1) is 11.3 Å². The molecule has 0 aromatic rings. The first-order valence-electron chi connectivity index (χ1n) is 2.10. The van der Waals surface area contributed by atoms with Gasteiger partial charge in [-0.1, -0.05) is 0 Å². The normalized spacial score (nSPS) is 5.70. The average molecular weight is 186 g/mol. The Balaban J connectivity index is -0.0000000910. The van der Waals surface area contributed by atoms with Crippen molar-refractivity contribution in [1.29, 1.82) is 5.26 Å². The molecule has 0 radical (unpaired) electrons. The van der Waals surface area contributed by atoms with Crippen LogP contribution in [0.1, 0.15) is 0 Å². The monoisotopic (exact) mass is 185 g/mol. The van der Waals surface area contributed by atoms with E-state index in [4.69, 9.17) is 22.6 Å². The lowest BCUT2D eigenvalue weighted by Gasteiger charge is -1.74. The molecular weight excluding hydrogens is 177 g/mol. The largest absolute Gasteiger partial charge is 0.369 e. The second-order valence-corrected chi connectivity index (χ2v) is 1.23. The predicted octanol–water partition coefficient (Wildman–Crippen LogP) is -0.399. The number of carbonyl (C=O) groups is 1. The Morgan fingerprint density at radius 1 is 1.70 bits per heavy atom. The summed E-state index contributed by atoms with van der Waals surface area (Å²) in [6, 6.07) is 1.70. The molecule has 1 amide bonds. The Morgan fingerprint density at radius 3 is 1.90 bits per heavy atom. The van der Waals surface area contributed by atoms with E-state index >= 15 is 0 Å². The number of nitrogens with two attached hydrogens (primary N) is 2. The SMILES string of the molecule is Cl.N#CCCl.NCC(N)=O. The number of primary amides is 1.